The Balaban J connectivity index is 1.72. The molecule has 0 amide bonds. The molecule has 1 aromatic carbocycles. The summed E-state index contributed by atoms with van der Waals surface area (Å²) in [6.45, 7) is 0.799. The molecule has 0 N–H and O–H groups in total. The molecule has 0 fully saturated rings. The van der Waals surface area contributed by atoms with E-state index in [9.17, 15) is 0 Å². The first-order chi connectivity index (χ1) is 8.42. The minimum Gasteiger partial charge on any atom is -0.493 e. The van der Waals surface area contributed by atoms with Crippen LogP contribution in [0.2, 0.25) is 0 Å². The Hall–Kier alpha value is -1.83. The van der Waals surface area contributed by atoms with Gasteiger partial charge < -0.3 is 4.74 Å². The second kappa shape index (κ2) is 4.58. The summed E-state index contributed by atoms with van der Waals surface area (Å²) in [6.07, 6.45) is 3.94. The molecule has 2 nitrogen and oxygen atoms in total. The highest BCUT2D eigenvalue weighted by molar-refractivity contribution is 5.35. The fraction of sp³-hybridized carbons (Fsp3) is 0.267. The minimum atomic E-state index is 0.541. The lowest BCUT2D eigenvalue weighted by molar-refractivity contribution is 0.220. The summed E-state index contributed by atoms with van der Waals surface area (Å²) in [5.41, 5.74) is 2.47. The van der Waals surface area contributed by atoms with Gasteiger partial charge in [-0.15, -0.1) is 0 Å². The van der Waals surface area contributed by atoms with E-state index in [4.69, 9.17) is 4.74 Å². The van der Waals surface area contributed by atoms with Crippen LogP contribution in [-0.4, -0.2) is 11.6 Å². The number of rotatable bonds is 2. The number of aromatic nitrogens is 1. The summed E-state index contributed by atoms with van der Waals surface area (Å²) >= 11 is 0. The van der Waals surface area contributed by atoms with Crippen molar-refractivity contribution in [3.8, 4) is 5.75 Å². The number of ether oxygens (including phenoxy) is 1. The Bertz CT molecular complexity index is 495. The number of hydrogen-bond donors (Lipinski definition) is 0. The van der Waals surface area contributed by atoms with Crippen molar-refractivity contribution in [3.05, 3.63) is 59.9 Å². The van der Waals surface area contributed by atoms with Crippen LogP contribution in [0.1, 0.15) is 11.3 Å². The maximum Gasteiger partial charge on any atom is 0.122 e. The summed E-state index contributed by atoms with van der Waals surface area (Å²) in [6, 6.07) is 14.4. The van der Waals surface area contributed by atoms with Gasteiger partial charge in [-0.2, -0.15) is 0 Å². The highest BCUT2D eigenvalue weighted by Gasteiger charge is 2.19. The van der Waals surface area contributed by atoms with Crippen molar-refractivity contribution in [3.63, 3.8) is 0 Å². The van der Waals surface area contributed by atoms with Gasteiger partial charge in [0.1, 0.15) is 5.75 Å². The van der Waals surface area contributed by atoms with Gasteiger partial charge in [0, 0.05) is 17.8 Å². The molecule has 0 saturated carbocycles. The summed E-state index contributed by atoms with van der Waals surface area (Å²) in [4.78, 5) is 4.37. The van der Waals surface area contributed by atoms with Crippen molar-refractivity contribution in [2.24, 2.45) is 5.92 Å². The first-order valence-electron chi connectivity index (χ1n) is 6.02. The zero-order valence-corrected chi connectivity index (χ0v) is 9.67. The lowest BCUT2D eigenvalue weighted by Crippen LogP contribution is -2.23. The smallest absolute Gasteiger partial charge is 0.122 e. The fourth-order valence-corrected chi connectivity index (χ4v) is 2.34. The SMILES string of the molecule is c1ccc(CC2COc3ccccc3C2)nc1. The van der Waals surface area contributed by atoms with E-state index in [0.29, 0.717) is 5.92 Å². The predicted octanol–water partition coefficient (Wildman–Crippen LogP) is 2.88. The quantitative estimate of drug-likeness (QED) is 0.784. The van der Waals surface area contributed by atoms with E-state index in [2.05, 4.69) is 23.2 Å². The zero-order chi connectivity index (χ0) is 11.5. The Morgan fingerprint density at radius 1 is 1.12 bits per heavy atom. The normalized spacial score (nSPS) is 18.2. The number of hydrogen-bond acceptors (Lipinski definition) is 2. The molecule has 0 saturated heterocycles. The standard InChI is InChI=1S/C15H15NO/c1-2-7-15-13(5-1)9-12(11-17-15)10-14-6-3-4-8-16-14/h1-8,12H,9-11H2. The Morgan fingerprint density at radius 3 is 2.88 bits per heavy atom. The summed E-state index contributed by atoms with van der Waals surface area (Å²) < 4.78 is 5.78. The van der Waals surface area contributed by atoms with Crippen LogP contribution in [0.4, 0.5) is 0 Å². The van der Waals surface area contributed by atoms with Gasteiger partial charge in [0.25, 0.3) is 0 Å². The van der Waals surface area contributed by atoms with Crippen molar-refractivity contribution >= 4 is 0 Å². The van der Waals surface area contributed by atoms with Gasteiger partial charge in [0.2, 0.25) is 0 Å². The van der Waals surface area contributed by atoms with Crippen molar-refractivity contribution in [1.82, 2.24) is 4.98 Å². The lowest BCUT2D eigenvalue weighted by Gasteiger charge is -2.24. The number of para-hydroxylation sites is 1. The highest BCUT2D eigenvalue weighted by atomic mass is 16.5. The molecule has 2 aromatic rings. The van der Waals surface area contributed by atoms with Crippen LogP contribution in [0, 0.1) is 5.92 Å². The van der Waals surface area contributed by atoms with Crippen LogP contribution >= 0.6 is 0 Å². The molecule has 1 aliphatic rings. The molecule has 3 rings (SSSR count). The molecule has 0 spiro atoms. The van der Waals surface area contributed by atoms with Gasteiger partial charge in [0.05, 0.1) is 6.61 Å². The van der Waals surface area contributed by atoms with Crippen molar-refractivity contribution in [2.45, 2.75) is 12.8 Å². The van der Waals surface area contributed by atoms with E-state index in [1.807, 2.05) is 30.5 Å². The van der Waals surface area contributed by atoms with Gasteiger partial charge >= 0.3 is 0 Å². The topological polar surface area (TPSA) is 22.1 Å². The van der Waals surface area contributed by atoms with Gasteiger partial charge in [0.15, 0.2) is 0 Å². The van der Waals surface area contributed by atoms with Gasteiger partial charge in [-0.1, -0.05) is 24.3 Å². The number of fused-ring (bicyclic) bond motifs is 1. The van der Waals surface area contributed by atoms with Gasteiger partial charge in [-0.3, -0.25) is 4.98 Å². The highest BCUT2D eigenvalue weighted by Crippen LogP contribution is 2.28. The average Bonchev–Trinajstić information content (AvgIpc) is 2.40. The van der Waals surface area contributed by atoms with Crippen LogP contribution in [0.5, 0.6) is 5.75 Å². The minimum absolute atomic E-state index is 0.541. The third-order valence-corrected chi connectivity index (χ3v) is 3.18. The monoisotopic (exact) mass is 225 g/mol. The molecule has 1 aromatic heterocycles. The van der Waals surface area contributed by atoms with Crippen LogP contribution in [0.25, 0.3) is 0 Å². The number of nitrogens with zero attached hydrogens (tertiary/aromatic N) is 1. The molecule has 0 radical (unpaired) electrons. The Labute approximate surface area is 101 Å². The van der Waals surface area contributed by atoms with Gasteiger partial charge in [-0.25, -0.2) is 0 Å². The average molecular weight is 225 g/mol. The number of pyridine rings is 1. The van der Waals surface area contributed by atoms with Crippen LogP contribution < -0.4 is 4.74 Å². The van der Waals surface area contributed by atoms with E-state index >= 15 is 0 Å². The largest absolute Gasteiger partial charge is 0.493 e. The van der Waals surface area contributed by atoms with Crippen LogP contribution in [0.15, 0.2) is 48.7 Å². The predicted molar refractivity (Wildman–Crippen MR) is 67.1 cm³/mol. The first kappa shape index (κ1) is 10.3. The summed E-state index contributed by atoms with van der Waals surface area (Å²) in [5, 5.41) is 0. The molecule has 1 atom stereocenters. The van der Waals surface area contributed by atoms with Crippen molar-refractivity contribution < 1.29 is 4.74 Å². The van der Waals surface area contributed by atoms with E-state index in [1.54, 1.807) is 0 Å². The molecular weight excluding hydrogens is 210 g/mol. The third-order valence-electron chi connectivity index (χ3n) is 3.18. The number of benzene rings is 1. The van der Waals surface area contributed by atoms with Crippen molar-refractivity contribution in [2.75, 3.05) is 6.61 Å². The Morgan fingerprint density at radius 2 is 2.00 bits per heavy atom. The molecule has 0 bridgehead atoms. The van der Waals surface area contributed by atoms with E-state index < -0.39 is 0 Å². The summed E-state index contributed by atoms with van der Waals surface area (Å²) in [7, 11) is 0. The molecule has 0 aliphatic carbocycles. The molecule has 17 heavy (non-hydrogen) atoms. The molecular formula is C15H15NO. The van der Waals surface area contributed by atoms with Crippen LogP contribution in [0.3, 0.4) is 0 Å². The molecule has 2 heteroatoms. The third kappa shape index (κ3) is 2.31. The Kier molecular flexibility index (Phi) is 2.78. The van der Waals surface area contributed by atoms with Crippen molar-refractivity contribution in [1.29, 1.82) is 0 Å². The summed E-state index contributed by atoms with van der Waals surface area (Å²) in [5.74, 6) is 1.59. The first-order valence-corrected chi connectivity index (χ1v) is 6.02. The maximum absolute atomic E-state index is 5.78. The van der Waals surface area contributed by atoms with E-state index in [1.165, 1.54) is 5.56 Å². The fourth-order valence-electron chi connectivity index (χ4n) is 2.34. The second-order valence-corrected chi connectivity index (χ2v) is 4.51. The van der Waals surface area contributed by atoms with Crippen LogP contribution in [-0.2, 0) is 12.8 Å². The lowest BCUT2D eigenvalue weighted by atomic mass is 9.93. The molecule has 2 heterocycles. The molecule has 1 aliphatic heterocycles. The second-order valence-electron chi connectivity index (χ2n) is 4.51. The molecule has 86 valence electrons. The maximum atomic E-state index is 5.78. The van der Waals surface area contributed by atoms with E-state index in [-0.39, 0.29) is 0 Å². The van der Waals surface area contributed by atoms with E-state index in [0.717, 1.165) is 30.9 Å². The zero-order valence-electron chi connectivity index (χ0n) is 9.67. The molecule has 1 unspecified atom stereocenters. The van der Waals surface area contributed by atoms with Gasteiger partial charge in [-0.05, 0) is 36.6 Å².